The molecule has 0 unspecified atom stereocenters. The van der Waals surface area contributed by atoms with Crippen molar-refractivity contribution in [2.75, 3.05) is 0 Å². The van der Waals surface area contributed by atoms with Crippen LogP contribution in [0, 0.1) is 13.8 Å². The van der Waals surface area contributed by atoms with E-state index >= 15 is 0 Å². The van der Waals surface area contributed by atoms with Crippen molar-refractivity contribution in [3.63, 3.8) is 0 Å². The van der Waals surface area contributed by atoms with Crippen LogP contribution in [0.3, 0.4) is 0 Å². The van der Waals surface area contributed by atoms with E-state index in [0.29, 0.717) is 17.8 Å². The summed E-state index contributed by atoms with van der Waals surface area (Å²) in [5, 5.41) is 0. The van der Waals surface area contributed by atoms with E-state index in [1.807, 2.05) is 0 Å². The van der Waals surface area contributed by atoms with Crippen LogP contribution in [0.15, 0.2) is 42.5 Å². The summed E-state index contributed by atoms with van der Waals surface area (Å²) in [4.78, 5) is 7.25. The standard InChI is InChI=1S/C20H20N2/c1-11-7-8-17(21-11)19-15-9-12(2)22-20(15)16-10-13-5-3-4-6-14(13)18(16)19/h3-9,16,18-19,21-22H,10H2,1-2H3/t16-,18+,19-/m1/s1. The minimum atomic E-state index is 0.460. The van der Waals surface area contributed by atoms with Gasteiger partial charge in [0.1, 0.15) is 0 Å². The van der Waals surface area contributed by atoms with Gasteiger partial charge in [0.25, 0.3) is 0 Å². The summed E-state index contributed by atoms with van der Waals surface area (Å²) < 4.78 is 0. The molecule has 2 N–H and O–H groups in total. The average molecular weight is 288 g/mol. The van der Waals surface area contributed by atoms with Crippen LogP contribution in [0.2, 0.25) is 0 Å². The fourth-order valence-electron chi connectivity index (χ4n) is 4.78. The molecule has 22 heavy (non-hydrogen) atoms. The van der Waals surface area contributed by atoms with E-state index in [-0.39, 0.29) is 0 Å². The number of hydrogen-bond acceptors (Lipinski definition) is 0. The van der Waals surface area contributed by atoms with E-state index in [9.17, 15) is 0 Å². The highest BCUT2D eigenvalue weighted by molar-refractivity contribution is 5.54. The summed E-state index contributed by atoms with van der Waals surface area (Å²) >= 11 is 0. The second-order valence-electron chi connectivity index (χ2n) is 6.93. The van der Waals surface area contributed by atoms with Crippen LogP contribution >= 0.6 is 0 Å². The van der Waals surface area contributed by atoms with Crippen molar-refractivity contribution >= 4 is 0 Å². The van der Waals surface area contributed by atoms with Crippen LogP contribution in [0.4, 0.5) is 0 Å². The topological polar surface area (TPSA) is 31.6 Å². The Morgan fingerprint density at radius 2 is 1.77 bits per heavy atom. The highest BCUT2D eigenvalue weighted by atomic mass is 14.8. The molecule has 2 aromatic heterocycles. The quantitative estimate of drug-likeness (QED) is 0.659. The molecular weight excluding hydrogens is 268 g/mol. The number of benzene rings is 1. The van der Waals surface area contributed by atoms with Crippen molar-refractivity contribution in [1.29, 1.82) is 0 Å². The molecule has 2 aliphatic carbocycles. The van der Waals surface area contributed by atoms with Gasteiger partial charge < -0.3 is 9.97 Å². The molecule has 3 atom stereocenters. The van der Waals surface area contributed by atoms with Gasteiger partial charge in [-0.15, -0.1) is 0 Å². The number of aryl methyl sites for hydroxylation is 2. The number of aromatic nitrogens is 2. The zero-order valence-electron chi connectivity index (χ0n) is 13.0. The average Bonchev–Trinajstić information content (AvgIpc) is 3.21. The highest BCUT2D eigenvalue weighted by Gasteiger charge is 2.48. The van der Waals surface area contributed by atoms with E-state index in [0.717, 1.165) is 0 Å². The third-order valence-corrected chi connectivity index (χ3v) is 5.56. The second kappa shape index (κ2) is 4.16. The summed E-state index contributed by atoms with van der Waals surface area (Å²) in [5.74, 6) is 1.65. The molecule has 0 spiro atoms. The number of H-pyrrole nitrogens is 2. The lowest BCUT2D eigenvalue weighted by atomic mass is 9.84. The number of rotatable bonds is 1. The van der Waals surface area contributed by atoms with Crippen molar-refractivity contribution in [1.82, 2.24) is 9.97 Å². The van der Waals surface area contributed by atoms with Gasteiger partial charge >= 0.3 is 0 Å². The molecule has 0 amide bonds. The summed E-state index contributed by atoms with van der Waals surface area (Å²) in [6.45, 7) is 4.31. The monoisotopic (exact) mass is 288 g/mol. The van der Waals surface area contributed by atoms with Crippen LogP contribution in [-0.2, 0) is 6.42 Å². The van der Waals surface area contributed by atoms with Crippen LogP contribution in [0.5, 0.6) is 0 Å². The van der Waals surface area contributed by atoms with Gasteiger partial charge in [0.05, 0.1) is 0 Å². The lowest BCUT2D eigenvalue weighted by molar-refractivity contribution is 0.566. The van der Waals surface area contributed by atoms with Crippen molar-refractivity contribution < 1.29 is 0 Å². The Morgan fingerprint density at radius 3 is 2.59 bits per heavy atom. The van der Waals surface area contributed by atoms with Gasteiger partial charge in [0.2, 0.25) is 0 Å². The lowest BCUT2D eigenvalue weighted by Crippen LogP contribution is -2.09. The second-order valence-corrected chi connectivity index (χ2v) is 6.93. The molecule has 1 aromatic carbocycles. The van der Waals surface area contributed by atoms with E-state index in [4.69, 9.17) is 0 Å². The number of aromatic amines is 2. The largest absolute Gasteiger partial charge is 0.362 e. The Labute approximate surface area is 130 Å². The lowest BCUT2D eigenvalue weighted by Gasteiger charge is -2.20. The van der Waals surface area contributed by atoms with Gasteiger partial charge in [0.15, 0.2) is 0 Å². The zero-order chi connectivity index (χ0) is 14.8. The molecule has 0 saturated carbocycles. The fraction of sp³-hybridized carbons (Fsp3) is 0.300. The first-order valence-corrected chi connectivity index (χ1v) is 8.15. The Hall–Kier alpha value is -2.22. The van der Waals surface area contributed by atoms with Crippen LogP contribution in [0.1, 0.15) is 57.2 Å². The molecule has 110 valence electrons. The van der Waals surface area contributed by atoms with Crippen LogP contribution in [0.25, 0.3) is 0 Å². The van der Waals surface area contributed by atoms with E-state index in [1.165, 1.54) is 40.3 Å². The van der Waals surface area contributed by atoms with Crippen molar-refractivity contribution in [3.8, 4) is 0 Å². The minimum absolute atomic E-state index is 0.460. The van der Waals surface area contributed by atoms with Gasteiger partial charge in [-0.1, -0.05) is 24.3 Å². The van der Waals surface area contributed by atoms with Crippen LogP contribution < -0.4 is 0 Å². The minimum Gasteiger partial charge on any atom is -0.362 e. The van der Waals surface area contributed by atoms with Gasteiger partial charge in [0, 0.05) is 40.5 Å². The van der Waals surface area contributed by atoms with E-state index < -0.39 is 0 Å². The predicted octanol–water partition coefficient (Wildman–Crippen LogP) is 4.53. The fourth-order valence-corrected chi connectivity index (χ4v) is 4.78. The third-order valence-electron chi connectivity index (χ3n) is 5.56. The van der Waals surface area contributed by atoms with Crippen molar-refractivity contribution in [2.45, 2.75) is 38.0 Å². The molecule has 2 heteroatoms. The summed E-state index contributed by atoms with van der Waals surface area (Å²) in [6, 6.07) is 15.8. The van der Waals surface area contributed by atoms with Gasteiger partial charge in [-0.2, -0.15) is 0 Å². The zero-order valence-corrected chi connectivity index (χ0v) is 13.0. The first kappa shape index (κ1) is 12.3. The van der Waals surface area contributed by atoms with E-state index in [2.05, 4.69) is 66.3 Å². The Bertz CT molecular complexity index is 867. The summed E-state index contributed by atoms with van der Waals surface area (Å²) in [6.07, 6.45) is 1.17. The SMILES string of the molecule is Cc1ccc([C@H]2c3cc(C)[nH]c3[C@@H]3Cc4ccccc4[C@H]23)[nH]1. The Kier molecular flexibility index (Phi) is 2.33. The highest BCUT2D eigenvalue weighted by Crippen LogP contribution is 2.59. The maximum atomic E-state index is 3.66. The third kappa shape index (κ3) is 1.50. The first-order chi connectivity index (χ1) is 10.7. The van der Waals surface area contributed by atoms with Gasteiger partial charge in [-0.3, -0.25) is 0 Å². The molecular formula is C20H20N2. The smallest absolute Gasteiger partial charge is 0.0334 e. The molecule has 2 heterocycles. The molecule has 5 rings (SSSR count). The predicted molar refractivity (Wildman–Crippen MR) is 88.5 cm³/mol. The Balaban J connectivity index is 1.73. The van der Waals surface area contributed by atoms with Crippen molar-refractivity contribution in [3.05, 3.63) is 81.9 Å². The molecule has 0 aliphatic heterocycles. The number of nitrogens with one attached hydrogen (secondary N) is 2. The maximum Gasteiger partial charge on any atom is 0.0334 e. The molecule has 0 bridgehead atoms. The molecule has 0 fully saturated rings. The number of fused-ring (bicyclic) bond motifs is 5. The number of hydrogen-bond donors (Lipinski definition) is 2. The van der Waals surface area contributed by atoms with Gasteiger partial charge in [-0.05, 0) is 55.2 Å². The maximum absolute atomic E-state index is 3.66. The van der Waals surface area contributed by atoms with Crippen molar-refractivity contribution in [2.24, 2.45) is 0 Å². The molecule has 0 radical (unpaired) electrons. The summed E-state index contributed by atoms with van der Waals surface area (Å²) in [7, 11) is 0. The van der Waals surface area contributed by atoms with Crippen LogP contribution in [-0.4, -0.2) is 9.97 Å². The summed E-state index contributed by atoms with van der Waals surface area (Å²) in [5.41, 5.74) is 9.95. The molecule has 2 nitrogen and oxygen atoms in total. The molecule has 2 aliphatic rings. The van der Waals surface area contributed by atoms with E-state index in [1.54, 1.807) is 5.56 Å². The van der Waals surface area contributed by atoms with Gasteiger partial charge in [-0.25, -0.2) is 0 Å². The molecule has 0 saturated heterocycles. The normalized spacial score (nSPS) is 25.1. The molecule has 3 aromatic rings. The Morgan fingerprint density at radius 1 is 0.909 bits per heavy atom. The first-order valence-electron chi connectivity index (χ1n) is 8.15.